The molecule has 2 aromatic rings. The lowest BCUT2D eigenvalue weighted by Gasteiger charge is -2.15. The van der Waals surface area contributed by atoms with Crippen LogP contribution in [0.25, 0.3) is 5.69 Å². The first-order chi connectivity index (χ1) is 11.3. The fraction of sp³-hybridized carbons (Fsp3) is 0.312. The van der Waals surface area contributed by atoms with Gasteiger partial charge in [0, 0.05) is 6.54 Å². The van der Waals surface area contributed by atoms with E-state index in [2.05, 4.69) is 4.98 Å². The number of aromatic nitrogens is 2. The van der Waals surface area contributed by atoms with Crippen molar-refractivity contribution in [3.05, 3.63) is 55.9 Å². The highest BCUT2D eigenvalue weighted by Gasteiger charge is 2.21. The molecule has 128 valence electrons. The Morgan fingerprint density at radius 2 is 2.00 bits per heavy atom. The maximum absolute atomic E-state index is 12.8. The third-order valence-corrected chi connectivity index (χ3v) is 3.46. The molecule has 24 heavy (non-hydrogen) atoms. The van der Waals surface area contributed by atoms with Crippen LogP contribution in [0.5, 0.6) is 5.75 Å². The minimum atomic E-state index is -1.36. The number of nitrogens with one attached hydrogen (secondary N) is 1. The molecule has 0 aliphatic heterocycles. The molecule has 0 bridgehead atoms. The molecule has 0 unspecified atom stereocenters. The summed E-state index contributed by atoms with van der Waals surface area (Å²) in [5, 5.41) is 9.27. The Morgan fingerprint density at radius 1 is 1.33 bits per heavy atom. The summed E-state index contributed by atoms with van der Waals surface area (Å²) in [6, 6.07) is 5.07. The number of rotatable bonds is 5. The van der Waals surface area contributed by atoms with Crippen LogP contribution in [0.1, 0.15) is 21.6 Å². The van der Waals surface area contributed by atoms with Crippen molar-refractivity contribution in [2.75, 3.05) is 21.2 Å². The number of aromatic carboxylic acids is 1. The largest absolute Gasteiger partial charge is 0.495 e. The number of ether oxygens (including phenoxy) is 1. The molecule has 0 spiro atoms. The summed E-state index contributed by atoms with van der Waals surface area (Å²) in [6.07, 6.45) is 0. The first-order valence-corrected chi connectivity index (χ1v) is 7.17. The normalized spacial score (nSPS) is 10.9. The molecule has 0 aliphatic carbocycles. The number of carboxylic acid groups (broad SMARTS) is 1. The molecular formula is C16H19N3O5. The predicted octanol–water partition coefficient (Wildman–Crippen LogP) is 0.603. The highest BCUT2D eigenvalue weighted by atomic mass is 16.5. The van der Waals surface area contributed by atoms with Gasteiger partial charge in [-0.3, -0.25) is 4.79 Å². The quantitative estimate of drug-likeness (QED) is 0.830. The van der Waals surface area contributed by atoms with Crippen molar-refractivity contribution >= 4 is 5.97 Å². The van der Waals surface area contributed by atoms with Gasteiger partial charge < -0.3 is 19.7 Å². The number of aryl methyl sites for hydroxylation is 1. The fourth-order valence-electron chi connectivity index (χ4n) is 2.41. The number of aromatic amines is 1. The molecule has 0 radical (unpaired) electrons. The topological polar surface area (TPSA) is 105 Å². The van der Waals surface area contributed by atoms with E-state index in [4.69, 9.17) is 4.74 Å². The number of nitrogens with zero attached hydrogens (tertiary/aromatic N) is 2. The lowest BCUT2D eigenvalue weighted by Crippen LogP contribution is -2.40. The second kappa shape index (κ2) is 6.71. The van der Waals surface area contributed by atoms with Gasteiger partial charge in [-0.15, -0.1) is 0 Å². The van der Waals surface area contributed by atoms with E-state index in [0.717, 1.165) is 10.1 Å². The van der Waals surface area contributed by atoms with Gasteiger partial charge in [0.25, 0.3) is 5.56 Å². The maximum Gasteiger partial charge on any atom is 0.352 e. The molecule has 0 aliphatic rings. The third kappa shape index (κ3) is 3.23. The van der Waals surface area contributed by atoms with Crippen molar-refractivity contribution in [2.24, 2.45) is 0 Å². The summed E-state index contributed by atoms with van der Waals surface area (Å²) >= 11 is 0. The molecule has 8 nitrogen and oxygen atoms in total. The second-order valence-corrected chi connectivity index (χ2v) is 5.64. The Labute approximate surface area is 137 Å². The summed E-state index contributed by atoms with van der Waals surface area (Å²) in [6.45, 7) is 1.89. The van der Waals surface area contributed by atoms with E-state index < -0.39 is 22.9 Å². The van der Waals surface area contributed by atoms with Crippen LogP contribution in [0.2, 0.25) is 0 Å². The van der Waals surface area contributed by atoms with Gasteiger partial charge in [-0.2, -0.15) is 0 Å². The van der Waals surface area contributed by atoms with Crippen LogP contribution in [-0.2, 0) is 6.54 Å². The lowest BCUT2D eigenvalue weighted by atomic mass is 10.1. The molecule has 8 heteroatoms. The SMILES string of the molecule is COc1ccc(C)cc1-n1c(=O)[nH]c(C(=O)O)c(CN(C)C)c1=O. The van der Waals surface area contributed by atoms with E-state index in [1.54, 1.807) is 37.2 Å². The Hall–Kier alpha value is -2.87. The van der Waals surface area contributed by atoms with Crippen LogP contribution >= 0.6 is 0 Å². The average molecular weight is 333 g/mol. The van der Waals surface area contributed by atoms with Gasteiger partial charge in [0.05, 0.1) is 18.4 Å². The maximum atomic E-state index is 12.8. The number of H-pyrrole nitrogens is 1. The molecule has 1 heterocycles. The Morgan fingerprint density at radius 3 is 2.54 bits per heavy atom. The Bertz CT molecular complexity index is 896. The van der Waals surface area contributed by atoms with Crippen molar-refractivity contribution in [3.63, 3.8) is 0 Å². The van der Waals surface area contributed by atoms with Gasteiger partial charge in [0.15, 0.2) is 0 Å². The van der Waals surface area contributed by atoms with Gasteiger partial charge in [0.1, 0.15) is 11.4 Å². The molecule has 2 rings (SSSR count). The van der Waals surface area contributed by atoms with Gasteiger partial charge in [-0.05, 0) is 38.7 Å². The highest BCUT2D eigenvalue weighted by Crippen LogP contribution is 2.21. The standard InChI is InChI=1S/C16H19N3O5/c1-9-5-6-12(24-4)11(7-9)19-14(20)10(8-18(2)3)13(15(21)22)17-16(19)23/h5-7H,8H2,1-4H3,(H,17,23)(H,21,22). The van der Waals surface area contributed by atoms with Crippen molar-refractivity contribution in [3.8, 4) is 11.4 Å². The zero-order valence-electron chi connectivity index (χ0n) is 13.9. The van der Waals surface area contributed by atoms with Gasteiger partial charge >= 0.3 is 11.7 Å². The third-order valence-electron chi connectivity index (χ3n) is 3.46. The summed E-state index contributed by atoms with van der Waals surface area (Å²) in [5.41, 5.74) is -0.830. The minimum Gasteiger partial charge on any atom is -0.495 e. The monoisotopic (exact) mass is 333 g/mol. The van der Waals surface area contributed by atoms with E-state index in [1.165, 1.54) is 7.11 Å². The summed E-state index contributed by atoms with van der Waals surface area (Å²) in [4.78, 5) is 40.5. The van der Waals surface area contributed by atoms with Crippen molar-refractivity contribution < 1.29 is 14.6 Å². The predicted molar refractivity (Wildman–Crippen MR) is 88.3 cm³/mol. The van der Waals surface area contributed by atoms with Crippen LogP contribution in [0.4, 0.5) is 0 Å². The van der Waals surface area contributed by atoms with E-state index in [0.29, 0.717) is 5.75 Å². The molecule has 0 fully saturated rings. The number of benzene rings is 1. The fourth-order valence-corrected chi connectivity index (χ4v) is 2.41. The molecular weight excluding hydrogens is 314 g/mol. The van der Waals surface area contributed by atoms with Gasteiger partial charge in [0.2, 0.25) is 0 Å². The molecule has 0 saturated carbocycles. The average Bonchev–Trinajstić information content (AvgIpc) is 2.49. The molecule has 1 aromatic heterocycles. The first-order valence-electron chi connectivity index (χ1n) is 7.17. The van der Waals surface area contributed by atoms with Crippen molar-refractivity contribution in [1.29, 1.82) is 0 Å². The van der Waals surface area contributed by atoms with Crippen LogP contribution in [0, 0.1) is 6.92 Å². The van der Waals surface area contributed by atoms with E-state index in [-0.39, 0.29) is 17.8 Å². The number of hydrogen-bond donors (Lipinski definition) is 2. The van der Waals surface area contributed by atoms with E-state index in [9.17, 15) is 19.5 Å². The number of hydrogen-bond acceptors (Lipinski definition) is 5. The molecule has 0 amide bonds. The van der Waals surface area contributed by atoms with Gasteiger partial charge in [-0.1, -0.05) is 6.07 Å². The molecule has 1 aromatic carbocycles. The Kier molecular flexibility index (Phi) is 4.89. The Balaban J connectivity index is 2.87. The zero-order valence-corrected chi connectivity index (χ0v) is 13.9. The minimum absolute atomic E-state index is 0.00402. The lowest BCUT2D eigenvalue weighted by molar-refractivity contribution is 0.0687. The molecule has 2 N–H and O–H groups in total. The van der Waals surface area contributed by atoms with Gasteiger partial charge in [-0.25, -0.2) is 14.2 Å². The first kappa shape index (κ1) is 17.5. The van der Waals surface area contributed by atoms with E-state index >= 15 is 0 Å². The highest BCUT2D eigenvalue weighted by molar-refractivity contribution is 5.86. The number of methoxy groups -OCH3 is 1. The molecule has 0 atom stereocenters. The summed E-state index contributed by atoms with van der Waals surface area (Å²) in [5.74, 6) is -1.02. The van der Waals surface area contributed by atoms with Crippen LogP contribution in [0.3, 0.4) is 0 Å². The second-order valence-electron chi connectivity index (χ2n) is 5.64. The molecule has 0 saturated heterocycles. The van der Waals surface area contributed by atoms with Crippen molar-refractivity contribution in [1.82, 2.24) is 14.5 Å². The van der Waals surface area contributed by atoms with Crippen LogP contribution < -0.4 is 16.0 Å². The smallest absolute Gasteiger partial charge is 0.352 e. The van der Waals surface area contributed by atoms with E-state index in [1.807, 2.05) is 6.92 Å². The number of carboxylic acids is 1. The number of carbonyl (C=O) groups is 1. The van der Waals surface area contributed by atoms with Crippen LogP contribution in [0.15, 0.2) is 27.8 Å². The van der Waals surface area contributed by atoms with Crippen LogP contribution in [-0.4, -0.2) is 46.7 Å². The summed E-state index contributed by atoms with van der Waals surface area (Å²) < 4.78 is 6.12. The van der Waals surface area contributed by atoms with Crippen molar-refractivity contribution in [2.45, 2.75) is 13.5 Å². The summed E-state index contributed by atoms with van der Waals surface area (Å²) in [7, 11) is 4.83. The zero-order chi connectivity index (χ0) is 18.0.